The van der Waals surface area contributed by atoms with Gasteiger partial charge in [-0.25, -0.2) is 4.98 Å². The Hall–Kier alpha value is -0.650. The molecule has 2 rings (SSSR count). The smallest absolute Gasteiger partial charge is 0.114 e. The van der Waals surface area contributed by atoms with Crippen LogP contribution in [0.2, 0.25) is 0 Å². The lowest BCUT2D eigenvalue weighted by Gasteiger charge is -2.14. The van der Waals surface area contributed by atoms with Gasteiger partial charge in [-0.2, -0.15) is 0 Å². The normalized spacial score (nSPS) is 17.3. The Morgan fingerprint density at radius 2 is 2.38 bits per heavy atom. The average molecular weight is 239 g/mol. The second-order valence-electron chi connectivity index (χ2n) is 4.00. The van der Waals surface area contributed by atoms with E-state index in [0.29, 0.717) is 6.04 Å². The molecule has 2 N–H and O–H groups in total. The fraction of sp³-hybridized carbons (Fsp3) is 0.636. The van der Waals surface area contributed by atoms with E-state index in [1.165, 1.54) is 12.8 Å². The van der Waals surface area contributed by atoms with Gasteiger partial charge in [-0.15, -0.1) is 11.8 Å². The highest BCUT2D eigenvalue weighted by molar-refractivity contribution is 7.99. The number of thioether (sulfide) groups is 1. The summed E-state index contributed by atoms with van der Waals surface area (Å²) >= 11 is 1.69. The Labute approximate surface area is 99.9 Å². The molecule has 1 unspecified atom stereocenters. The van der Waals surface area contributed by atoms with Crippen molar-refractivity contribution in [3.63, 3.8) is 0 Å². The van der Waals surface area contributed by atoms with Gasteiger partial charge < -0.3 is 10.4 Å². The number of hydrogen-bond donors (Lipinski definition) is 2. The van der Waals surface area contributed by atoms with Gasteiger partial charge >= 0.3 is 0 Å². The third kappa shape index (κ3) is 4.08. The van der Waals surface area contributed by atoms with Gasteiger partial charge in [0.15, 0.2) is 0 Å². The largest absolute Gasteiger partial charge is 0.395 e. The molecule has 1 aromatic rings. The Bertz CT molecular complexity index is 305. The molecule has 0 radical (unpaired) electrons. The molecule has 1 aliphatic carbocycles. The van der Waals surface area contributed by atoms with Gasteiger partial charge in [0.2, 0.25) is 0 Å². The summed E-state index contributed by atoms with van der Waals surface area (Å²) in [5, 5.41) is 13.6. The average Bonchev–Trinajstić information content (AvgIpc) is 3.13. The summed E-state index contributed by atoms with van der Waals surface area (Å²) < 4.78 is 0. The van der Waals surface area contributed by atoms with Gasteiger partial charge in [-0.1, -0.05) is 0 Å². The van der Waals surface area contributed by atoms with Crippen LogP contribution in [0, 0.1) is 0 Å². The zero-order valence-corrected chi connectivity index (χ0v) is 9.99. The van der Waals surface area contributed by atoms with Crippen molar-refractivity contribution in [1.29, 1.82) is 0 Å². The quantitative estimate of drug-likeness (QED) is 0.697. The number of nitrogens with one attached hydrogen (secondary N) is 1. The second kappa shape index (κ2) is 6.18. The second-order valence-corrected chi connectivity index (χ2v) is 5.12. The molecular formula is C11H17N3OS. The Morgan fingerprint density at radius 3 is 3.00 bits per heavy atom. The van der Waals surface area contributed by atoms with Crippen LogP contribution in [0.3, 0.4) is 0 Å². The lowest BCUT2D eigenvalue weighted by atomic mass is 10.2. The molecule has 1 fully saturated rings. The molecule has 1 heterocycles. The van der Waals surface area contributed by atoms with Gasteiger partial charge in [0.1, 0.15) is 5.03 Å². The standard InChI is InChI=1S/C11H17N3OS/c15-8-10(14-9-1-2-9)3-6-16-11-7-12-4-5-13-11/h4-5,7,9-10,14-15H,1-3,6,8H2. The van der Waals surface area contributed by atoms with Crippen molar-refractivity contribution < 1.29 is 5.11 Å². The van der Waals surface area contributed by atoms with E-state index >= 15 is 0 Å². The van der Waals surface area contributed by atoms with Gasteiger partial charge in [0.25, 0.3) is 0 Å². The van der Waals surface area contributed by atoms with Crippen molar-refractivity contribution in [2.24, 2.45) is 0 Å². The van der Waals surface area contributed by atoms with Crippen LogP contribution < -0.4 is 5.32 Å². The highest BCUT2D eigenvalue weighted by Gasteiger charge is 2.23. The first-order valence-corrected chi connectivity index (χ1v) is 6.63. The van der Waals surface area contributed by atoms with Gasteiger partial charge in [-0.05, 0) is 19.3 Å². The third-order valence-electron chi connectivity index (χ3n) is 2.52. The molecule has 0 saturated heterocycles. The lowest BCUT2D eigenvalue weighted by molar-refractivity contribution is 0.239. The highest BCUT2D eigenvalue weighted by atomic mass is 32.2. The third-order valence-corrected chi connectivity index (χ3v) is 3.47. The molecule has 1 aliphatic rings. The fourth-order valence-corrected chi connectivity index (χ4v) is 2.36. The van der Waals surface area contributed by atoms with E-state index in [-0.39, 0.29) is 12.6 Å². The number of aromatic nitrogens is 2. The van der Waals surface area contributed by atoms with Gasteiger partial charge in [0.05, 0.1) is 12.8 Å². The Morgan fingerprint density at radius 1 is 1.50 bits per heavy atom. The molecule has 0 spiro atoms. The maximum atomic E-state index is 9.20. The molecule has 1 saturated carbocycles. The van der Waals surface area contributed by atoms with Crippen molar-refractivity contribution in [2.45, 2.75) is 36.4 Å². The fourth-order valence-electron chi connectivity index (χ4n) is 1.48. The van der Waals surface area contributed by atoms with Crippen molar-refractivity contribution in [3.05, 3.63) is 18.6 Å². The summed E-state index contributed by atoms with van der Waals surface area (Å²) in [7, 11) is 0. The van der Waals surface area contributed by atoms with Crippen LogP contribution in [0.5, 0.6) is 0 Å². The van der Waals surface area contributed by atoms with Crippen LogP contribution in [-0.2, 0) is 0 Å². The van der Waals surface area contributed by atoms with Crippen LogP contribution >= 0.6 is 11.8 Å². The van der Waals surface area contributed by atoms with E-state index in [2.05, 4.69) is 15.3 Å². The Balaban J connectivity index is 1.65. The summed E-state index contributed by atoms with van der Waals surface area (Å²) in [6.45, 7) is 0.220. The minimum atomic E-state index is 0.220. The summed E-state index contributed by atoms with van der Waals surface area (Å²) in [6, 6.07) is 0.885. The van der Waals surface area contributed by atoms with Crippen LogP contribution in [0.15, 0.2) is 23.6 Å². The molecule has 5 heteroatoms. The van der Waals surface area contributed by atoms with E-state index in [0.717, 1.165) is 17.2 Å². The first kappa shape index (κ1) is 11.8. The van der Waals surface area contributed by atoms with Crippen molar-refractivity contribution in [3.8, 4) is 0 Å². The van der Waals surface area contributed by atoms with Gasteiger partial charge in [-0.3, -0.25) is 4.98 Å². The monoisotopic (exact) mass is 239 g/mol. The number of rotatable bonds is 7. The highest BCUT2D eigenvalue weighted by Crippen LogP contribution is 2.21. The van der Waals surface area contributed by atoms with Gasteiger partial charge in [0, 0.05) is 30.2 Å². The predicted octanol–water partition coefficient (Wildman–Crippen LogP) is 1.07. The molecular weight excluding hydrogens is 222 g/mol. The van der Waals surface area contributed by atoms with Crippen LogP contribution in [0.25, 0.3) is 0 Å². The summed E-state index contributed by atoms with van der Waals surface area (Å²) in [5.41, 5.74) is 0. The first-order valence-electron chi connectivity index (χ1n) is 5.64. The molecule has 0 aliphatic heterocycles. The summed E-state index contributed by atoms with van der Waals surface area (Å²) in [4.78, 5) is 8.20. The van der Waals surface area contributed by atoms with E-state index in [1.807, 2.05) is 0 Å². The van der Waals surface area contributed by atoms with E-state index in [1.54, 1.807) is 30.4 Å². The molecule has 0 aromatic carbocycles. The van der Waals surface area contributed by atoms with E-state index in [4.69, 9.17) is 0 Å². The maximum absolute atomic E-state index is 9.20. The van der Waals surface area contributed by atoms with Crippen LogP contribution in [0.1, 0.15) is 19.3 Å². The van der Waals surface area contributed by atoms with E-state index in [9.17, 15) is 5.11 Å². The van der Waals surface area contributed by atoms with E-state index < -0.39 is 0 Å². The molecule has 1 aromatic heterocycles. The first-order chi connectivity index (χ1) is 7.88. The van der Waals surface area contributed by atoms with Crippen molar-refractivity contribution >= 4 is 11.8 Å². The topological polar surface area (TPSA) is 58.0 Å². The number of aliphatic hydroxyl groups excluding tert-OH is 1. The molecule has 0 amide bonds. The maximum Gasteiger partial charge on any atom is 0.114 e. The number of hydrogen-bond acceptors (Lipinski definition) is 5. The Kier molecular flexibility index (Phi) is 4.56. The molecule has 1 atom stereocenters. The van der Waals surface area contributed by atoms with Crippen molar-refractivity contribution in [1.82, 2.24) is 15.3 Å². The predicted molar refractivity (Wildman–Crippen MR) is 64.4 cm³/mol. The summed E-state index contributed by atoms with van der Waals surface area (Å²) in [5.74, 6) is 0.962. The SMILES string of the molecule is OCC(CCSc1cnccn1)NC1CC1. The minimum absolute atomic E-state index is 0.220. The molecule has 88 valence electrons. The molecule has 16 heavy (non-hydrogen) atoms. The summed E-state index contributed by atoms with van der Waals surface area (Å²) in [6.07, 6.45) is 8.63. The molecule has 4 nitrogen and oxygen atoms in total. The zero-order chi connectivity index (χ0) is 11.2. The van der Waals surface area contributed by atoms with Crippen LogP contribution in [-0.4, -0.2) is 39.5 Å². The zero-order valence-electron chi connectivity index (χ0n) is 9.17. The number of nitrogens with zero attached hydrogens (tertiary/aromatic N) is 2. The molecule has 0 bridgehead atoms. The number of aliphatic hydroxyl groups is 1. The minimum Gasteiger partial charge on any atom is -0.395 e. The van der Waals surface area contributed by atoms with Crippen molar-refractivity contribution in [2.75, 3.05) is 12.4 Å². The lowest BCUT2D eigenvalue weighted by Crippen LogP contribution is -2.34. The van der Waals surface area contributed by atoms with Crippen LogP contribution in [0.4, 0.5) is 0 Å².